The van der Waals surface area contributed by atoms with Gasteiger partial charge in [0.1, 0.15) is 12.6 Å². The molecule has 1 unspecified atom stereocenters. The summed E-state index contributed by atoms with van der Waals surface area (Å²) in [5.41, 5.74) is 5.59. The molecule has 5 rings (SSSR count). The number of ether oxygens (including phenoxy) is 1. The van der Waals surface area contributed by atoms with Crippen LogP contribution in [0.25, 0.3) is 0 Å². The number of aromatic nitrogens is 3. The minimum absolute atomic E-state index is 0.0233. The largest absolute Gasteiger partial charge is 0.457 e. The molecule has 1 aromatic heterocycles. The first-order valence-electron chi connectivity index (χ1n) is 12.7. The molecule has 2 heterocycles. The zero-order valence-corrected chi connectivity index (χ0v) is 23.0. The number of thioether (sulfide) groups is 1. The second kappa shape index (κ2) is 10.9. The summed E-state index contributed by atoms with van der Waals surface area (Å²) in [6, 6.07) is 27.9. The number of nitrogens with one attached hydrogen (secondary N) is 1. The first kappa shape index (κ1) is 25.8. The van der Waals surface area contributed by atoms with Gasteiger partial charge >= 0.3 is 5.97 Å². The first-order chi connectivity index (χ1) is 18.3. The molecular formula is C31H32N4O2S. The van der Waals surface area contributed by atoms with Crippen LogP contribution >= 0.6 is 11.8 Å². The van der Waals surface area contributed by atoms with Crippen molar-refractivity contribution in [3.63, 3.8) is 0 Å². The molecule has 1 N–H and O–H groups in total. The lowest BCUT2D eigenvalue weighted by atomic mass is 9.85. The monoisotopic (exact) mass is 524 g/mol. The fraction of sp³-hybridized carbons (Fsp3) is 0.258. The van der Waals surface area contributed by atoms with Gasteiger partial charge in [0.2, 0.25) is 11.1 Å². The Hall–Kier alpha value is -3.84. The lowest BCUT2D eigenvalue weighted by Crippen LogP contribution is -2.29. The number of esters is 1. The van der Waals surface area contributed by atoms with Crippen LogP contribution < -0.4 is 5.32 Å². The molecule has 3 aromatic carbocycles. The molecule has 0 radical (unpaired) electrons. The summed E-state index contributed by atoms with van der Waals surface area (Å²) in [4.78, 5) is 18.3. The van der Waals surface area contributed by atoms with E-state index in [0.717, 1.165) is 16.9 Å². The fourth-order valence-electron chi connectivity index (χ4n) is 4.45. The van der Waals surface area contributed by atoms with E-state index in [4.69, 9.17) is 14.8 Å². The Balaban J connectivity index is 1.47. The fourth-order valence-corrected chi connectivity index (χ4v) is 5.24. The van der Waals surface area contributed by atoms with Gasteiger partial charge in [-0.3, -0.25) is 0 Å². The second-order valence-electron chi connectivity index (χ2n) is 10.4. The molecule has 7 heteroatoms. The van der Waals surface area contributed by atoms with E-state index in [0.29, 0.717) is 22.4 Å². The molecule has 0 spiro atoms. The standard InChI is InChI=1S/C31H32N4O2S/c1-21-26(28(36)37-19-22-11-7-5-8-12-22)27(24-15-17-25(18-16-24)31(2,3)4)35-29(32-21)33-30(34-35)38-20-23-13-9-6-10-14-23/h5-18,27H,19-20H2,1-4H3,(H,32,33,34). The van der Waals surface area contributed by atoms with Crippen molar-refractivity contribution in [2.45, 2.75) is 56.7 Å². The Morgan fingerprint density at radius 1 is 0.947 bits per heavy atom. The van der Waals surface area contributed by atoms with E-state index in [1.165, 1.54) is 11.1 Å². The minimum atomic E-state index is -0.456. The third-order valence-corrected chi connectivity index (χ3v) is 7.48. The number of anilines is 1. The van der Waals surface area contributed by atoms with Gasteiger partial charge in [-0.05, 0) is 34.6 Å². The van der Waals surface area contributed by atoms with Crippen molar-refractivity contribution in [1.82, 2.24) is 14.8 Å². The third-order valence-electron chi connectivity index (χ3n) is 6.57. The van der Waals surface area contributed by atoms with E-state index in [9.17, 15) is 4.79 Å². The van der Waals surface area contributed by atoms with Crippen molar-refractivity contribution in [2.75, 3.05) is 5.32 Å². The summed E-state index contributed by atoms with van der Waals surface area (Å²) >= 11 is 1.57. The van der Waals surface area contributed by atoms with Crippen LogP contribution in [0.4, 0.5) is 5.95 Å². The highest BCUT2D eigenvalue weighted by Crippen LogP contribution is 2.38. The highest BCUT2D eigenvalue weighted by atomic mass is 32.2. The molecule has 0 amide bonds. The van der Waals surface area contributed by atoms with Crippen molar-refractivity contribution in [3.8, 4) is 0 Å². The average Bonchev–Trinajstić information content (AvgIpc) is 3.33. The summed E-state index contributed by atoms with van der Waals surface area (Å²) in [6.07, 6.45) is 0. The van der Waals surface area contributed by atoms with E-state index in [2.05, 4.69) is 62.5 Å². The van der Waals surface area contributed by atoms with Gasteiger partial charge in [0.15, 0.2) is 0 Å². The van der Waals surface area contributed by atoms with Crippen LogP contribution in [0.1, 0.15) is 56.0 Å². The first-order valence-corrected chi connectivity index (χ1v) is 13.7. The maximum absolute atomic E-state index is 13.5. The molecule has 194 valence electrons. The number of carbonyl (C=O) groups excluding carboxylic acids is 1. The predicted molar refractivity (Wildman–Crippen MR) is 152 cm³/mol. The predicted octanol–water partition coefficient (Wildman–Crippen LogP) is 6.90. The SMILES string of the molecule is CC1=C(C(=O)OCc2ccccc2)C(c2ccc(C(C)(C)C)cc2)n2nc(SCc3ccccc3)nc2N1. The van der Waals surface area contributed by atoms with Gasteiger partial charge in [-0.1, -0.05) is 117 Å². The number of carbonyl (C=O) groups is 1. The van der Waals surface area contributed by atoms with Gasteiger partial charge in [-0.2, -0.15) is 4.98 Å². The highest BCUT2D eigenvalue weighted by Gasteiger charge is 2.35. The smallest absolute Gasteiger partial charge is 0.338 e. The summed E-state index contributed by atoms with van der Waals surface area (Å²) in [5, 5.41) is 8.79. The molecule has 0 aliphatic carbocycles. The van der Waals surface area contributed by atoms with Crippen LogP contribution in [-0.2, 0) is 27.3 Å². The second-order valence-corrected chi connectivity index (χ2v) is 11.4. The lowest BCUT2D eigenvalue weighted by Gasteiger charge is -2.28. The Labute approximate surface area is 228 Å². The summed E-state index contributed by atoms with van der Waals surface area (Å²) in [5.74, 6) is 0.999. The van der Waals surface area contributed by atoms with E-state index < -0.39 is 6.04 Å². The molecule has 0 fully saturated rings. The molecule has 6 nitrogen and oxygen atoms in total. The van der Waals surface area contributed by atoms with E-state index in [-0.39, 0.29) is 18.0 Å². The normalized spacial score (nSPS) is 15.1. The number of hydrogen-bond donors (Lipinski definition) is 1. The Kier molecular flexibility index (Phi) is 7.38. The molecule has 0 saturated heterocycles. The zero-order chi connectivity index (χ0) is 26.7. The van der Waals surface area contributed by atoms with Crippen LogP contribution in [0, 0.1) is 0 Å². The molecule has 38 heavy (non-hydrogen) atoms. The van der Waals surface area contributed by atoms with E-state index >= 15 is 0 Å². The van der Waals surface area contributed by atoms with Gasteiger partial charge in [-0.25, -0.2) is 9.48 Å². The number of nitrogens with zero attached hydrogens (tertiary/aromatic N) is 3. The number of benzene rings is 3. The van der Waals surface area contributed by atoms with Gasteiger partial charge in [0, 0.05) is 11.4 Å². The molecule has 1 atom stereocenters. The summed E-state index contributed by atoms with van der Waals surface area (Å²) in [6.45, 7) is 8.66. The summed E-state index contributed by atoms with van der Waals surface area (Å²) in [7, 11) is 0. The van der Waals surface area contributed by atoms with E-state index in [1.807, 2.05) is 60.1 Å². The molecule has 0 saturated carbocycles. The molecule has 1 aliphatic heterocycles. The maximum atomic E-state index is 13.5. The van der Waals surface area contributed by atoms with Crippen molar-refractivity contribution >= 4 is 23.7 Å². The van der Waals surface area contributed by atoms with Crippen molar-refractivity contribution < 1.29 is 9.53 Å². The number of allylic oxidation sites excluding steroid dienone is 1. The Morgan fingerprint density at radius 2 is 1.58 bits per heavy atom. The number of hydrogen-bond acceptors (Lipinski definition) is 6. The van der Waals surface area contributed by atoms with Gasteiger partial charge in [0.25, 0.3) is 0 Å². The average molecular weight is 525 g/mol. The van der Waals surface area contributed by atoms with Crippen LogP contribution in [0.2, 0.25) is 0 Å². The zero-order valence-electron chi connectivity index (χ0n) is 22.1. The molecular weight excluding hydrogens is 492 g/mol. The Morgan fingerprint density at radius 3 is 2.21 bits per heavy atom. The van der Waals surface area contributed by atoms with Gasteiger partial charge < -0.3 is 10.1 Å². The van der Waals surface area contributed by atoms with Crippen LogP contribution in [0.15, 0.2) is 101 Å². The minimum Gasteiger partial charge on any atom is -0.457 e. The third kappa shape index (κ3) is 5.68. The van der Waals surface area contributed by atoms with Crippen molar-refractivity contribution in [1.29, 1.82) is 0 Å². The molecule has 4 aromatic rings. The summed E-state index contributed by atoms with van der Waals surface area (Å²) < 4.78 is 7.60. The maximum Gasteiger partial charge on any atom is 0.338 e. The lowest BCUT2D eigenvalue weighted by molar-refractivity contribution is -0.140. The topological polar surface area (TPSA) is 69.0 Å². The van der Waals surface area contributed by atoms with Crippen LogP contribution in [0.3, 0.4) is 0 Å². The van der Waals surface area contributed by atoms with Gasteiger partial charge in [-0.15, -0.1) is 5.10 Å². The quantitative estimate of drug-likeness (QED) is 0.209. The molecule has 1 aliphatic rings. The number of fused-ring (bicyclic) bond motifs is 1. The highest BCUT2D eigenvalue weighted by molar-refractivity contribution is 7.98. The molecule has 0 bridgehead atoms. The Bertz CT molecular complexity index is 1440. The van der Waals surface area contributed by atoms with Crippen molar-refractivity contribution in [3.05, 3.63) is 118 Å². The number of rotatable bonds is 7. The van der Waals surface area contributed by atoms with Crippen LogP contribution in [0.5, 0.6) is 0 Å². The van der Waals surface area contributed by atoms with Crippen molar-refractivity contribution in [2.24, 2.45) is 0 Å². The van der Waals surface area contributed by atoms with Crippen LogP contribution in [-0.4, -0.2) is 20.7 Å². The van der Waals surface area contributed by atoms with E-state index in [1.54, 1.807) is 11.8 Å². The van der Waals surface area contributed by atoms with Gasteiger partial charge in [0.05, 0.1) is 5.57 Å².